The molecule has 0 saturated heterocycles. The summed E-state index contributed by atoms with van der Waals surface area (Å²) in [6, 6.07) is 3.09. The highest BCUT2D eigenvalue weighted by Crippen LogP contribution is 2.28. The van der Waals surface area contributed by atoms with Crippen molar-refractivity contribution in [2.24, 2.45) is 0 Å². The van der Waals surface area contributed by atoms with Gasteiger partial charge in [-0.25, -0.2) is 8.42 Å². The van der Waals surface area contributed by atoms with E-state index in [9.17, 15) is 8.42 Å². The highest BCUT2D eigenvalue weighted by Gasteiger charge is 2.16. The molecule has 0 bridgehead atoms. The molecule has 8 heteroatoms. The molecule has 0 unspecified atom stereocenters. The van der Waals surface area contributed by atoms with Crippen LogP contribution in [-0.4, -0.2) is 18.6 Å². The third kappa shape index (κ3) is 3.24. The van der Waals surface area contributed by atoms with E-state index in [0.717, 1.165) is 0 Å². The Morgan fingerprint density at radius 2 is 2.05 bits per heavy atom. The number of aryl methyl sites for hydroxylation is 2. The van der Waals surface area contributed by atoms with Crippen molar-refractivity contribution in [1.82, 2.24) is 10.1 Å². The van der Waals surface area contributed by atoms with Gasteiger partial charge in [-0.15, -0.1) is 0 Å². The van der Waals surface area contributed by atoms with Crippen LogP contribution >= 0.6 is 10.7 Å². The van der Waals surface area contributed by atoms with Crippen molar-refractivity contribution in [2.45, 2.75) is 25.3 Å². The molecular weight excluding hydrogens is 292 g/mol. The summed E-state index contributed by atoms with van der Waals surface area (Å²) in [4.78, 5) is 3.90. The van der Waals surface area contributed by atoms with E-state index >= 15 is 0 Å². The molecule has 0 atom stereocenters. The summed E-state index contributed by atoms with van der Waals surface area (Å²) in [5.41, 5.74) is 1.18. The Morgan fingerprint density at radius 3 is 2.63 bits per heavy atom. The van der Waals surface area contributed by atoms with Crippen LogP contribution in [0.15, 0.2) is 27.9 Å². The summed E-state index contributed by atoms with van der Waals surface area (Å²) in [7, 11) is 1.59. The Morgan fingerprint density at radius 1 is 1.32 bits per heavy atom. The lowest BCUT2D eigenvalue weighted by molar-refractivity contribution is 0.284. The smallest absolute Gasteiger partial charge is 0.261 e. The van der Waals surface area contributed by atoms with Gasteiger partial charge in [0.2, 0.25) is 12.2 Å². The van der Waals surface area contributed by atoms with E-state index in [4.69, 9.17) is 15.4 Å². The van der Waals surface area contributed by atoms with E-state index in [-0.39, 0.29) is 11.5 Å². The maximum absolute atomic E-state index is 11.4. The predicted molar refractivity (Wildman–Crippen MR) is 67.6 cm³/mol. The average Bonchev–Trinajstić information content (AvgIpc) is 2.81. The zero-order chi connectivity index (χ0) is 14.0. The molecule has 0 aliphatic heterocycles. The van der Waals surface area contributed by atoms with Crippen LogP contribution in [0.1, 0.15) is 17.0 Å². The second kappa shape index (κ2) is 5.18. The van der Waals surface area contributed by atoms with E-state index < -0.39 is 9.05 Å². The first-order valence-corrected chi connectivity index (χ1v) is 7.63. The van der Waals surface area contributed by atoms with Gasteiger partial charge in [0.05, 0.1) is 4.90 Å². The lowest BCUT2D eigenvalue weighted by Crippen LogP contribution is -2.02. The lowest BCUT2D eigenvalue weighted by Gasteiger charge is -2.10. The average molecular weight is 303 g/mol. The maximum Gasteiger partial charge on any atom is 0.261 e. The number of ether oxygens (including phenoxy) is 1. The Bertz CT molecular complexity index is 683. The third-order valence-electron chi connectivity index (χ3n) is 2.50. The van der Waals surface area contributed by atoms with Gasteiger partial charge in [0.1, 0.15) is 5.75 Å². The molecule has 19 heavy (non-hydrogen) atoms. The van der Waals surface area contributed by atoms with Crippen LogP contribution in [0.4, 0.5) is 0 Å². The summed E-state index contributed by atoms with van der Waals surface area (Å²) in [6.45, 7) is 3.52. The van der Waals surface area contributed by atoms with Crippen molar-refractivity contribution in [3.63, 3.8) is 0 Å². The van der Waals surface area contributed by atoms with Gasteiger partial charge in [-0.05, 0) is 37.1 Å². The summed E-state index contributed by atoms with van der Waals surface area (Å²) in [6.07, 6.45) is 1.21. The van der Waals surface area contributed by atoms with E-state index in [0.29, 0.717) is 22.7 Å². The molecular formula is C11H11ClN2O4S. The minimum atomic E-state index is -3.75. The zero-order valence-electron chi connectivity index (χ0n) is 10.3. The molecule has 0 amide bonds. The molecule has 1 aromatic heterocycles. The Balaban J connectivity index is 2.26. The summed E-state index contributed by atoms with van der Waals surface area (Å²) < 4.78 is 32.8. The highest BCUT2D eigenvalue weighted by molar-refractivity contribution is 8.13. The van der Waals surface area contributed by atoms with Crippen molar-refractivity contribution in [1.29, 1.82) is 0 Å². The first-order valence-electron chi connectivity index (χ1n) is 5.32. The van der Waals surface area contributed by atoms with E-state index in [1.54, 1.807) is 19.9 Å². The van der Waals surface area contributed by atoms with Crippen molar-refractivity contribution in [2.75, 3.05) is 0 Å². The molecule has 6 nitrogen and oxygen atoms in total. The van der Waals surface area contributed by atoms with Crippen LogP contribution in [0, 0.1) is 13.8 Å². The van der Waals surface area contributed by atoms with Crippen molar-refractivity contribution in [3.8, 4) is 5.75 Å². The molecule has 1 aromatic carbocycles. The minimum absolute atomic E-state index is 0.0820. The number of nitrogens with zero attached hydrogens (tertiary/aromatic N) is 2. The first-order chi connectivity index (χ1) is 8.88. The van der Waals surface area contributed by atoms with Gasteiger partial charge in [0.25, 0.3) is 9.05 Å². The Hall–Kier alpha value is -1.60. The molecule has 0 radical (unpaired) electrons. The third-order valence-corrected chi connectivity index (χ3v) is 3.96. The molecule has 0 aliphatic rings. The fourth-order valence-electron chi connectivity index (χ4n) is 1.58. The molecule has 0 aliphatic carbocycles. The summed E-state index contributed by atoms with van der Waals surface area (Å²) in [5, 5.41) is 3.61. The van der Waals surface area contributed by atoms with Gasteiger partial charge in [0, 0.05) is 10.7 Å². The van der Waals surface area contributed by atoms with Gasteiger partial charge in [0.15, 0.2) is 6.61 Å². The molecule has 2 aromatic rings. The SMILES string of the molecule is Cc1cc(S(=O)(=O)Cl)c(C)cc1OCc1ncon1. The second-order valence-electron chi connectivity index (χ2n) is 3.96. The highest BCUT2D eigenvalue weighted by atomic mass is 35.7. The number of hydrogen-bond donors (Lipinski definition) is 0. The van der Waals surface area contributed by atoms with Crippen LogP contribution in [0.2, 0.25) is 0 Å². The van der Waals surface area contributed by atoms with Gasteiger partial charge >= 0.3 is 0 Å². The Labute approximate surface area is 114 Å². The number of rotatable bonds is 4. The molecule has 0 fully saturated rings. The predicted octanol–water partition coefficient (Wildman–Crippen LogP) is 2.19. The van der Waals surface area contributed by atoms with Gasteiger partial charge in [-0.1, -0.05) is 5.16 Å². The van der Waals surface area contributed by atoms with Crippen LogP contribution in [0.5, 0.6) is 5.75 Å². The topological polar surface area (TPSA) is 82.3 Å². The quantitative estimate of drug-likeness (QED) is 0.805. The number of aromatic nitrogens is 2. The lowest BCUT2D eigenvalue weighted by atomic mass is 10.1. The van der Waals surface area contributed by atoms with Crippen LogP contribution in [0.25, 0.3) is 0 Å². The first kappa shape index (κ1) is 13.8. The standard InChI is InChI=1S/C11H11ClN2O4S/c1-7-4-10(19(12,15)16)8(2)3-9(7)17-5-11-13-6-18-14-11/h3-4,6H,5H2,1-2H3. The van der Waals surface area contributed by atoms with Gasteiger partial charge in [-0.2, -0.15) is 4.98 Å². The number of hydrogen-bond acceptors (Lipinski definition) is 6. The van der Waals surface area contributed by atoms with E-state index in [2.05, 4.69) is 14.7 Å². The molecule has 0 saturated carbocycles. The van der Waals surface area contributed by atoms with Crippen LogP contribution in [0.3, 0.4) is 0 Å². The largest absolute Gasteiger partial charge is 0.485 e. The summed E-state index contributed by atoms with van der Waals surface area (Å²) >= 11 is 0. The Kier molecular flexibility index (Phi) is 3.77. The molecule has 0 spiro atoms. The molecule has 102 valence electrons. The van der Waals surface area contributed by atoms with Crippen molar-refractivity contribution < 1.29 is 17.7 Å². The van der Waals surface area contributed by atoms with Crippen molar-refractivity contribution >= 4 is 19.7 Å². The van der Waals surface area contributed by atoms with Gasteiger partial charge in [-0.3, -0.25) is 0 Å². The minimum Gasteiger partial charge on any atom is -0.485 e. The van der Waals surface area contributed by atoms with E-state index in [1.165, 1.54) is 12.5 Å². The number of benzene rings is 1. The normalized spacial score (nSPS) is 11.5. The molecule has 1 heterocycles. The monoisotopic (exact) mass is 302 g/mol. The van der Waals surface area contributed by atoms with Crippen LogP contribution in [-0.2, 0) is 15.7 Å². The second-order valence-corrected chi connectivity index (χ2v) is 6.49. The fourth-order valence-corrected chi connectivity index (χ4v) is 2.84. The summed E-state index contributed by atoms with van der Waals surface area (Å²) in [5.74, 6) is 0.956. The van der Waals surface area contributed by atoms with E-state index in [1.807, 2.05) is 0 Å². The molecule has 2 rings (SSSR count). The number of halogens is 1. The zero-order valence-corrected chi connectivity index (χ0v) is 11.8. The van der Waals surface area contributed by atoms with Crippen molar-refractivity contribution in [3.05, 3.63) is 35.5 Å². The van der Waals surface area contributed by atoms with Gasteiger partial charge < -0.3 is 9.26 Å². The molecule has 0 N–H and O–H groups in total. The van der Waals surface area contributed by atoms with Crippen LogP contribution < -0.4 is 4.74 Å². The fraction of sp³-hybridized carbons (Fsp3) is 0.273. The maximum atomic E-state index is 11.4.